The molecule has 84 valence electrons. The van der Waals surface area contributed by atoms with Gasteiger partial charge in [0.15, 0.2) is 0 Å². The number of likely N-dealkylation sites (N-methyl/N-ethyl adjacent to an activating group) is 2. The Balaban J connectivity index is 4.24. The van der Waals surface area contributed by atoms with E-state index in [1.54, 1.807) is 0 Å². The predicted molar refractivity (Wildman–Crippen MR) is 48.6 cm³/mol. The molecule has 0 saturated carbocycles. The van der Waals surface area contributed by atoms with Crippen LogP contribution in [-0.2, 0) is 4.79 Å². The van der Waals surface area contributed by atoms with E-state index < -0.39 is 24.5 Å². The van der Waals surface area contributed by atoms with Gasteiger partial charge in [0, 0.05) is 6.54 Å². The summed E-state index contributed by atoms with van der Waals surface area (Å²) in [5.74, 6) is -1.05. The molecule has 14 heavy (non-hydrogen) atoms. The second-order valence-corrected chi connectivity index (χ2v) is 3.48. The first-order valence-corrected chi connectivity index (χ1v) is 4.21. The molecule has 0 amide bonds. The molecule has 0 aromatic rings. The molecular weight excluding hydrogens is 194 g/mol. The third kappa shape index (κ3) is 3.97. The molecule has 4 nitrogen and oxygen atoms in total. The summed E-state index contributed by atoms with van der Waals surface area (Å²) in [7, 11) is 2.95. The molecule has 0 aromatic heterocycles. The van der Waals surface area contributed by atoms with Crippen LogP contribution in [0.15, 0.2) is 0 Å². The van der Waals surface area contributed by atoms with Crippen molar-refractivity contribution < 1.29 is 18.7 Å². The van der Waals surface area contributed by atoms with Crippen molar-refractivity contribution in [3.05, 3.63) is 0 Å². The minimum absolute atomic E-state index is 0.0309. The number of hydrogen-bond donors (Lipinski definition) is 2. The lowest BCUT2D eigenvalue weighted by Gasteiger charge is -2.29. The van der Waals surface area contributed by atoms with Crippen LogP contribution in [0.5, 0.6) is 0 Å². The Bertz CT molecular complexity index is 202. The smallest absolute Gasteiger partial charge is 0.324 e. The highest BCUT2D eigenvalue weighted by atomic mass is 19.3. The Morgan fingerprint density at radius 1 is 1.64 bits per heavy atom. The standard InChI is InChI=1S/C8H16F2N2O2/c1-8(11-2,7(13)14)5-12(3)4-6(9)10/h6,11H,4-5H2,1-3H3,(H,13,14). The SMILES string of the molecule is CNC(C)(CN(C)CC(F)F)C(=O)O. The topological polar surface area (TPSA) is 52.6 Å². The van der Waals surface area contributed by atoms with Crippen LogP contribution in [0.25, 0.3) is 0 Å². The van der Waals surface area contributed by atoms with Gasteiger partial charge in [-0.2, -0.15) is 0 Å². The molecule has 0 rings (SSSR count). The molecule has 2 N–H and O–H groups in total. The Hall–Kier alpha value is -0.750. The number of hydrogen-bond acceptors (Lipinski definition) is 3. The first-order chi connectivity index (χ1) is 6.31. The summed E-state index contributed by atoms with van der Waals surface area (Å²) in [5, 5.41) is 11.4. The molecule has 0 fully saturated rings. The van der Waals surface area contributed by atoms with Crippen molar-refractivity contribution in [2.75, 3.05) is 27.2 Å². The zero-order valence-electron chi connectivity index (χ0n) is 8.55. The molecule has 0 aliphatic heterocycles. The van der Waals surface area contributed by atoms with Crippen LogP contribution in [0, 0.1) is 0 Å². The van der Waals surface area contributed by atoms with Gasteiger partial charge in [0.1, 0.15) is 5.54 Å². The Kier molecular flexibility index (Phi) is 4.93. The van der Waals surface area contributed by atoms with Gasteiger partial charge in [-0.15, -0.1) is 0 Å². The maximum atomic E-state index is 12.0. The summed E-state index contributed by atoms with van der Waals surface area (Å²) in [5.41, 5.74) is -1.19. The van der Waals surface area contributed by atoms with Crippen LogP contribution in [0.4, 0.5) is 8.78 Å². The summed E-state index contributed by atoms with van der Waals surface area (Å²) in [6.07, 6.45) is -2.45. The molecule has 0 radical (unpaired) electrons. The van der Waals surface area contributed by atoms with E-state index in [4.69, 9.17) is 5.11 Å². The van der Waals surface area contributed by atoms with Gasteiger partial charge in [-0.25, -0.2) is 8.78 Å². The van der Waals surface area contributed by atoms with E-state index in [0.717, 1.165) is 0 Å². The van der Waals surface area contributed by atoms with Crippen molar-refractivity contribution in [1.82, 2.24) is 10.2 Å². The summed E-state index contributed by atoms with van der Waals surface area (Å²) in [6.45, 7) is 1.06. The number of halogens is 2. The first kappa shape index (κ1) is 13.2. The molecule has 6 heteroatoms. The van der Waals surface area contributed by atoms with Crippen molar-refractivity contribution in [2.24, 2.45) is 0 Å². The Morgan fingerprint density at radius 2 is 2.14 bits per heavy atom. The molecule has 0 saturated heterocycles. The fourth-order valence-corrected chi connectivity index (χ4v) is 1.09. The van der Waals surface area contributed by atoms with Crippen LogP contribution in [-0.4, -0.2) is 55.1 Å². The molecule has 1 unspecified atom stereocenters. The third-order valence-electron chi connectivity index (χ3n) is 2.06. The van der Waals surface area contributed by atoms with Gasteiger partial charge in [0.05, 0.1) is 6.54 Å². The fraction of sp³-hybridized carbons (Fsp3) is 0.875. The number of carboxylic acid groups (broad SMARTS) is 1. The van der Waals surface area contributed by atoms with Gasteiger partial charge in [-0.1, -0.05) is 0 Å². The van der Waals surface area contributed by atoms with Crippen LogP contribution >= 0.6 is 0 Å². The van der Waals surface area contributed by atoms with Gasteiger partial charge in [0.25, 0.3) is 6.43 Å². The summed E-state index contributed by atoms with van der Waals surface area (Å²) >= 11 is 0. The second-order valence-electron chi connectivity index (χ2n) is 3.48. The molecule has 0 aliphatic rings. The van der Waals surface area contributed by atoms with Crippen molar-refractivity contribution >= 4 is 5.97 Å². The van der Waals surface area contributed by atoms with E-state index in [1.807, 2.05) is 0 Å². The first-order valence-electron chi connectivity index (χ1n) is 4.21. The zero-order chi connectivity index (χ0) is 11.4. The molecule has 0 heterocycles. The monoisotopic (exact) mass is 210 g/mol. The maximum Gasteiger partial charge on any atom is 0.324 e. The maximum absolute atomic E-state index is 12.0. The van der Waals surface area contributed by atoms with Crippen molar-refractivity contribution in [3.63, 3.8) is 0 Å². The van der Waals surface area contributed by atoms with E-state index >= 15 is 0 Å². The summed E-state index contributed by atoms with van der Waals surface area (Å²) in [6, 6.07) is 0. The highest BCUT2D eigenvalue weighted by Gasteiger charge is 2.32. The highest BCUT2D eigenvalue weighted by molar-refractivity contribution is 5.78. The van der Waals surface area contributed by atoms with Crippen LogP contribution in [0.2, 0.25) is 0 Å². The van der Waals surface area contributed by atoms with Gasteiger partial charge >= 0.3 is 5.97 Å². The zero-order valence-corrected chi connectivity index (χ0v) is 8.55. The average Bonchev–Trinajstić information content (AvgIpc) is 2.01. The quantitative estimate of drug-likeness (QED) is 0.659. The van der Waals surface area contributed by atoms with Gasteiger partial charge < -0.3 is 10.4 Å². The van der Waals surface area contributed by atoms with Crippen molar-refractivity contribution in [3.8, 4) is 0 Å². The average molecular weight is 210 g/mol. The van der Waals surface area contributed by atoms with E-state index in [0.29, 0.717) is 0 Å². The largest absolute Gasteiger partial charge is 0.480 e. The molecule has 0 aromatic carbocycles. The number of nitrogens with zero attached hydrogens (tertiary/aromatic N) is 1. The summed E-state index contributed by atoms with van der Waals surface area (Å²) < 4.78 is 23.9. The third-order valence-corrected chi connectivity index (χ3v) is 2.06. The number of carbonyl (C=O) groups is 1. The van der Waals surface area contributed by atoms with Crippen LogP contribution < -0.4 is 5.32 Å². The minimum atomic E-state index is -2.45. The van der Waals surface area contributed by atoms with E-state index in [9.17, 15) is 13.6 Å². The fourth-order valence-electron chi connectivity index (χ4n) is 1.09. The number of carboxylic acids is 1. The normalized spacial score (nSPS) is 15.9. The lowest BCUT2D eigenvalue weighted by atomic mass is 10.0. The molecule has 1 atom stereocenters. The number of alkyl halides is 2. The van der Waals surface area contributed by atoms with Gasteiger partial charge in [-0.05, 0) is 21.0 Å². The predicted octanol–water partition coefficient (Wildman–Crippen LogP) is 0.246. The number of nitrogens with one attached hydrogen (secondary N) is 1. The lowest BCUT2D eigenvalue weighted by molar-refractivity contribution is -0.144. The van der Waals surface area contributed by atoms with E-state index in [2.05, 4.69) is 5.32 Å². The van der Waals surface area contributed by atoms with E-state index in [1.165, 1.54) is 25.9 Å². The molecule has 0 bridgehead atoms. The molecular formula is C8H16F2N2O2. The summed E-state index contributed by atoms with van der Waals surface area (Å²) in [4.78, 5) is 12.1. The molecule has 0 spiro atoms. The van der Waals surface area contributed by atoms with Crippen molar-refractivity contribution in [2.45, 2.75) is 18.9 Å². The second kappa shape index (κ2) is 5.21. The van der Waals surface area contributed by atoms with Crippen LogP contribution in [0.1, 0.15) is 6.92 Å². The highest BCUT2D eigenvalue weighted by Crippen LogP contribution is 2.06. The number of aliphatic carboxylic acids is 1. The Labute approximate surface area is 81.9 Å². The number of rotatable bonds is 6. The lowest BCUT2D eigenvalue weighted by Crippen LogP contribution is -2.55. The van der Waals surface area contributed by atoms with E-state index in [-0.39, 0.29) is 6.54 Å². The minimum Gasteiger partial charge on any atom is -0.480 e. The van der Waals surface area contributed by atoms with Crippen molar-refractivity contribution in [1.29, 1.82) is 0 Å². The molecule has 0 aliphatic carbocycles. The Morgan fingerprint density at radius 3 is 2.43 bits per heavy atom. The van der Waals surface area contributed by atoms with Crippen LogP contribution in [0.3, 0.4) is 0 Å². The van der Waals surface area contributed by atoms with Gasteiger partial charge in [0.2, 0.25) is 0 Å². The van der Waals surface area contributed by atoms with Gasteiger partial charge in [-0.3, -0.25) is 9.69 Å².